The van der Waals surface area contributed by atoms with E-state index < -0.39 is 6.09 Å². The van der Waals surface area contributed by atoms with Crippen molar-refractivity contribution in [1.82, 2.24) is 10.2 Å². The Bertz CT molecular complexity index is 968. The van der Waals surface area contributed by atoms with Crippen LogP contribution in [0.3, 0.4) is 0 Å². The first-order chi connectivity index (χ1) is 12.8. The molecule has 27 heavy (non-hydrogen) atoms. The Kier molecular flexibility index (Phi) is 5.32. The summed E-state index contributed by atoms with van der Waals surface area (Å²) in [5, 5.41) is 10.9. The quantitative estimate of drug-likeness (QED) is 0.778. The van der Waals surface area contributed by atoms with Gasteiger partial charge in [0.2, 0.25) is 0 Å². The number of imide groups is 1. The van der Waals surface area contributed by atoms with Gasteiger partial charge in [-0.05, 0) is 58.6 Å². The molecule has 2 aromatic carbocycles. The number of amides is 3. The number of nitrogens with zero attached hydrogens (tertiary/aromatic N) is 1. The van der Waals surface area contributed by atoms with Gasteiger partial charge in [-0.15, -0.1) is 0 Å². The third kappa shape index (κ3) is 4.38. The molecule has 0 radical (unpaired) electrons. The average Bonchev–Trinajstić information content (AvgIpc) is 2.92. The molecule has 0 unspecified atom stereocenters. The topological polar surface area (TPSA) is 86.7 Å². The molecule has 0 bridgehead atoms. The van der Waals surface area contributed by atoms with E-state index in [1.54, 1.807) is 6.08 Å². The Labute approximate surface area is 160 Å². The highest BCUT2D eigenvalue weighted by Crippen LogP contribution is 2.29. The molecular formula is C20H18N2O4S. The molecule has 1 aliphatic rings. The lowest BCUT2D eigenvalue weighted by atomic mass is 9.97. The van der Waals surface area contributed by atoms with E-state index in [4.69, 9.17) is 5.11 Å². The highest BCUT2D eigenvalue weighted by Gasteiger charge is 2.24. The molecule has 3 amide bonds. The Balaban J connectivity index is 1.86. The molecule has 0 aliphatic carbocycles. The van der Waals surface area contributed by atoms with Crippen molar-refractivity contribution < 1.29 is 19.5 Å². The lowest BCUT2D eigenvalue weighted by Gasteiger charge is -2.14. The van der Waals surface area contributed by atoms with Crippen LogP contribution in [0.2, 0.25) is 0 Å². The van der Waals surface area contributed by atoms with Crippen LogP contribution < -0.4 is 5.32 Å². The number of carboxylic acid groups (broad SMARTS) is 1. The number of aryl methyl sites for hydroxylation is 1. The fourth-order valence-electron chi connectivity index (χ4n) is 2.85. The number of hydrogen-bond acceptors (Lipinski definition) is 4. The van der Waals surface area contributed by atoms with Gasteiger partial charge in [0.1, 0.15) is 0 Å². The molecule has 1 aliphatic heterocycles. The number of hydrogen-bond donors (Lipinski definition) is 2. The number of carbonyl (C=O) groups excluding carboxylic acids is 2. The highest BCUT2D eigenvalue weighted by molar-refractivity contribution is 8.18. The second-order valence-electron chi connectivity index (χ2n) is 6.27. The lowest BCUT2D eigenvalue weighted by Crippen LogP contribution is -2.23. The van der Waals surface area contributed by atoms with Crippen LogP contribution >= 0.6 is 11.8 Å². The number of benzene rings is 2. The minimum absolute atomic E-state index is 0.312. The van der Waals surface area contributed by atoms with Gasteiger partial charge in [0.25, 0.3) is 11.1 Å². The van der Waals surface area contributed by atoms with E-state index in [0.717, 1.165) is 39.6 Å². The lowest BCUT2D eigenvalue weighted by molar-refractivity contribution is -0.115. The van der Waals surface area contributed by atoms with Crippen molar-refractivity contribution in [3.05, 3.63) is 64.1 Å². The van der Waals surface area contributed by atoms with Gasteiger partial charge in [-0.1, -0.05) is 36.4 Å². The maximum Gasteiger partial charge on any atom is 0.407 e. The van der Waals surface area contributed by atoms with Gasteiger partial charge in [0, 0.05) is 13.6 Å². The van der Waals surface area contributed by atoms with E-state index in [2.05, 4.69) is 5.32 Å². The van der Waals surface area contributed by atoms with E-state index in [1.807, 2.05) is 49.4 Å². The van der Waals surface area contributed by atoms with Crippen LogP contribution in [0.15, 0.2) is 47.4 Å². The van der Waals surface area contributed by atoms with Crippen molar-refractivity contribution in [1.29, 1.82) is 0 Å². The summed E-state index contributed by atoms with van der Waals surface area (Å²) >= 11 is 0.894. The fourth-order valence-corrected chi connectivity index (χ4v) is 3.53. The fraction of sp³-hybridized carbons (Fsp3) is 0.150. The van der Waals surface area contributed by atoms with Crippen molar-refractivity contribution >= 4 is 35.1 Å². The van der Waals surface area contributed by atoms with Gasteiger partial charge >= 0.3 is 6.09 Å². The van der Waals surface area contributed by atoms with Crippen molar-refractivity contribution in [3.8, 4) is 11.1 Å². The molecule has 0 spiro atoms. The summed E-state index contributed by atoms with van der Waals surface area (Å²) in [6, 6.07) is 13.5. The Morgan fingerprint density at radius 1 is 1.22 bits per heavy atom. The molecule has 2 N–H and O–H groups in total. The Morgan fingerprint density at radius 2 is 2.00 bits per heavy atom. The summed E-state index contributed by atoms with van der Waals surface area (Å²) < 4.78 is 0. The monoisotopic (exact) mass is 382 g/mol. The van der Waals surface area contributed by atoms with Crippen LogP contribution in [0.1, 0.15) is 16.7 Å². The van der Waals surface area contributed by atoms with Crippen LogP contribution in [-0.4, -0.2) is 34.3 Å². The van der Waals surface area contributed by atoms with Gasteiger partial charge in [0.15, 0.2) is 0 Å². The molecule has 1 saturated heterocycles. The molecule has 0 saturated carbocycles. The minimum atomic E-state index is -0.971. The van der Waals surface area contributed by atoms with E-state index in [0.29, 0.717) is 11.4 Å². The predicted octanol–water partition coefficient (Wildman–Crippen LogP) is 4.10. The standard InChI is InChI=1S/C20H18N2O4S/c1-12-8-13(10-17-18(23)21-19(24)27-17)6-7-16(12)15-5-3-4-14(9-15)11-22(2)20(25)26/h3-10H,11H2,1-2H3,(H,25,26)(H,21,23,24). The summed E-state index contributed by atoms with van der Waals surface area (Å²) in [6.07, 6.45) is 0.723. The Hall–Kier alpha value is -3.06. The molecular weight excluding hydrogens is 364 g/mol. The van der Waals surface area contributed by atoms with Crippen LogP contribution in [0.25, 0.3) is 17.2 Å². The van der Waals surface area contributed by atoms with E-state index in [-0.39, 0.29) is 11.1 Å². The molecule has 3 rings (SSSR count). The summed E-state index contributed by atoms with van der Waals surface area (Å²) in [7, 11) is 1.53. The first-order valence-electron chi connectivity index (χ1n) is 8.22. The van der Waals surface area contributed by atoms with Crippen molar-refractivity contribution in [3.63, 3.8) is 0 Å². The van der Waals surface area contributed by atoms with E-state index in [9.17, 15) is 14.4 Å². The average molecular weight is 382 g/mol. The maximum absolute atomic E-state index is 11.7. The minimum Gasteiger partial charge on any atom is -0.465 e. The zero-order chi connectivity index (χ0) is 19.6. The van der Waals surface area contributed by atoms with Crippen LogP contribution in [0, 0.1) is 6.92 Å². The van der Waals surface area contributed by atoms with Crippen molar-refractivity contribution in [2.45, 2.75) is 13.5 Å². The molecule has 0 atom stereocenters. The first kappa shape index (κ1) is 18.7. The molecule has 6 nitrogen and oxygen atoms in total. The van der Waals surface area contributed by atoms with Gasteiger partial charge in [-0.3, -0.25) is 14.9 Å². The molecule has 1 heterocycles. The summed E-state index contributed by atoms with van der Waals surface area (Å²) in [4.78, 5) is 35.5. The SMILES string of the molecule is Cc1cc(C=C2SC(=O)NC2=O)ccc1-c1cccc(CN(C)C(=O)O)c1. The summed E-state index contributed by atoms with van der Waals surface area (Å²) in [6.45, 7) is 2.28. The Morgan fingerprint density at radius 3 is 2.63 bits per heavy atom. The van der Waals surface area contributed by atoms with Gasteiger partial charge in [0.05, 0.1) is 4.91 Å². The number of thioether (sulfide) groups is 1. The molecule has 138 valence electrons. The third-order valence-electron chi connectivity index (χ3n) is 4.17. The first-order valence-corrected chi connectivity index (χ1v) is 9.04. The molecule has 2 aromatic rings. The number of rotatable bonds is 4. The smallest absolute Gasteiger partial charge is 0.407 e. The van der Waals surface area contributed by atoms with E-state index >= 15 is 0 Å². The summed E-state index contributed by atoms with van der Waals surface area (Å²) in [5.41, 5.74) is 4.77. The zero-order valence-corrected chi connectivity index (χ0v) is 15.7. The van der Waals surface area contributed by atoms with Gasteiger partial charge in [-0.25, -0.2) is 4.79 Å². The van der Waals surface area contributed by atoms with Crippen molar-refractivity contribution in [2.75, 3.05) is 7.05 Å². The molecule has 1 fully saturated rings. The molecule has 7 heteroatoms. The van der Waals surface area contributed by atoms with Crippen molar-refractivity contribution in [2.24, 2.45) is 0 Å². The number of nitrogens with one attached hydrogen (secondary N) is 1. The normalized spacial score (nSPS) is 15.1. The van der Waals surface area contributed by atoms with E-state index in [1.165, 1.54) is 11.9 Å². The van der Waals surface area contributed by atoms with Crippen LogP contribution in [-0.2, 0) is 11.3 Å². The molecule has 0 aromatic heterocycles. The zero-order valence-electron chi connectivity index (χ0n) is 14.9. The maximum atomic E-state index is 11.7. The van der Waals surface area contributed by atoms with Gasteiger partial charge in [-0.2, -0.15) is 0 Å². The predicted molar refractivity (Wildman–Crippen MR) is 105 cm³/mol. The summed E-state index contributed by atoms with van der Waals surface area (Å²) in [5.74, 6) is -0.373. The van der Waals surface area contributed by atoms with Gasteiger partial charge < -0.3 is 10.0 Å². The number of carbonyl (C=O) groups is 3. The highest BCUT2D eigenvalue weighted by atomic mass is 32.2. The van der Waals surface area contributed by atoms with Crippen LogP contribution in [0.4, 0.5) is 9.59 Å². The largest absolute Gasteiger partial charge is 0.465 e. The third-order valence-corrected chi connectivity index (χ3v) is 4.99. The van der Waals surface area contributed by atoms with Crippen LogP contribution in [0.5, 0.6) is 0 Å². The second kappa shape index (κ2) is 7.67. The second-order valence-corrected chi connectivity index (χ2v) is 7.28.